The van der Waals surface area contributed by atoms with E-state index in [4.69, 9.17) is 9.62 Å². The van der Waals surface area contributed by atoms with Crippen LogP contribution in [-0.4, -0.2) is 16.5 Å². The van der Waals surface area contributed by atoms with Crippen LogP contribution in [0.25, 0.3) is 22.3 Å². The van der Waals surface area contributed by atoms with Gasteiger partial charge >= 0.3 is 0 Å². The molecule has 0 spiro atoms. The Morgan fingerprint density at radius 3 is 2.79 bits per heavy atom. The standard InChI is InChI=1S/C14H9NO4/c16-8-2-4-13-11(5-8)12(7-15-18)10-3-1-9(17)6-14(10)19-13/h1-7,16,18H. The van der Waals surface area contributed by atoms with Crippen LogP contribution in [0.1, 0.15) is 5.56 Å². The summed E-state index contributed by atoms with van der Waals surface area (Å²) in [6.45, 7) is 0. The van der Waals surface area contributed by atoms with Gasteiger partial charge in [-0.2, -0.15) is 0 Å². The minimum atomic E-state index is -0.165. The SMILES string of the molecule is O=c1ccc2c(C=NO)c3cc(O)ccc3oc-2c1. The summed E-state index contributed by atoms with van der Waals surface area (Å²) in [5, 5.41) is 22.0. The summed E-state index contributed by atoms with van der Waals surface area (Å²) in [4.78, 5) is 11.4. The molecule has 0 radical (unpaired) electrons. The van der Waals surface area contributed by atoms with Crippen LogP contribution in [0, 0.1) is 0 Å². The van der Waals surface area contributed by atoms with Crippen molar-refractivity contribution >= 4 is 17.2 Å². The molecule has 1 aromatic carbocycles. The van der Waals surface area contributed by atoms with E-state index in [0.29, 0.717) is 27.9 Å². The maximum atomic E-state index is 11.4. The second-order valence-electron chi connectivity index (χ2n) is 4.10. The van der Waals surface area contributed by atoms with Crippen molar-refractivity contribution in [1.29, 1.82) is 0 Å². The fourth-order valence-corrected chi connectivity index (χ4v) is 2.09. The van der Waals surface area contributed by atoms with Crippen LogP contribution < -0.4 is 5.43 Å². The molecule has 0 saturated heterocycles. The molecule has 2 N–H and O–H groups in total. The number of oxime groups is 1. The van der Waals surface area contributed by atoms with Gasteiger partial charge in [-0.05, 0) is 30.3 Å². The monoisotopic (exact) mass is 255 g/mol. The third kappa shape index (κ3) is 1.81. The lowest BCUT2D eigenvalue weighted by molar-refractivity contribution is 0.322. The molecule has 19 heavy (non-hydrogen) atoms. The molecule has 0 aromatic heterocycles. The van der Waals surface area contributed by atoms with E-state index < -0.39 is 0 Å². The lowest BCUT2D eigenvalue weighted by Gasteiger charge is -2.11. The topological polar surface area (TPSA) is 83.0 Å². The van der Waals surface area contributed by atoms with Gasteiger partial charge in [0.25, 0.3) is 0 Å². The van der Waals surface area contributed by atoms with Crippen molar-refractivity contribution in [3.8, 4) is 17.1 Å². The van der Waals surface area contributed by atoms with Crippen LogP contribution in [0.5, 0.6) is 5.75 Å². The van der Waals surface area contributed by atoms with Gasteiger partial charge in [-0.3, -0.25) is 4.79 Å². The summed E-state index contributed by atoms with van der Waals surface area (Å²) in [7, 11) is 0. The van der Waals surface area contributed by atoms with Crippen molar-refractivity contribution in [1.82, 2.24) is 0 Å². The Kier molecular flexibility index (Phi) is 2.45. The van der Waals surface area contributed by atoms with Crippen LogP contribution in [0.2, 0.25) is 0 Å². The Balaban J connectivity index is 2.53. The highest BCUT2D eigenvalue weighted by molar-refractivity contribution is 6.04. The number of aromatic hydroxyl groups is 1. The van der Waals surface area contributed by atoms with Gasteiger partial charge in [0.05, 0.1) is 6.21 Å². The molecule has 3 rings (SSSR count). The summed E-state index contributed by atoms with van der Waals surface area (Å²) in [5.74, 6) is 0.482. The summed E-state index contributed by atoms with van der Waals surface area (Å²) in [6.07, 6.45) is 1.25. The fourth-order valence-electron chi connectivity index (χ4n) is 2.09. The smallest absolute Gasteiger partial charge is 0.182 e. The number of rotatable bonds is 1. The Labute approximate surface area is 107 Å². The van der Waals surface area contributed by atoms with Gasteiger partial charge in [0, 0.05) is 22.6 Å². The molecule has 0 unspecified atom stereocenters. The Bertz CT molecular complexity index is 819. The molecule has 5 nitrogen and oxygen atoms in total. The van der Waals surface area contributed by atoms with Gasteiger partial charge in [0.2, 0.25) is 0 Å². The zero-order chi connectivity index (χ0) is 13.4. The van der Waals surface area contributed by atoms with Crippen molar-refractivity contribution in [2.24, 2.45) is 5.16 Å². The zero-order valence-electron chi connectivity index (χ0n) is 9.70. The molecule has 0 saturated carbocycles. The van der Waals surface area contributed by atoms with E-state index in [9.17, 15) is 9.90 Å². The minimum Gasteiger partial charge on any atom is -0.508 e. The molecular weight excluding hydrogens is 246 g/mol. The number of hydrogen-bond acceptors (Lipinski definition) is 5. The van der Waals surface area contributed by atoms with Gasteiger partial charge in [-0.15, -0.1) is 0 Å². The lowest BCUT2D eigenvalue weighted by Crippen LogP contribution is -2.01. The Morgan fingerprint density at radius 1 is 1.16 bits per heavy atom. The first-order valence-electron chi connectivity index (χ1n) is 5.56. The van der Waals surface area contributed by atoms with E-state index in [0.717, 1.165) is 0 Å². The predicted octanol–water partition coefficient (Wildman–Crippen LogP) is 2.41. The van der Waals surface area contributed by atoms with Gasteiger partial charge in [0.15, 0.2) is 5.43 Å². The third-order valence-corrected chi connectivity index (χ3v) is 2.90. The average molecular weight is 255 g/mol. The Morgan fingerprint density at radius 2 is 2.00 bits per heavy atom. The molecule has 1 aliphatic heterocycles. The van der Waals surface area contributed by atoms with Crippen molar-refractivity contribution in [3.63, 3.8) is 0 Å². The zero-order valence-corrected chi connectivity index (χ0v) is 9.70. The number of phenolic OH excluding ortho intramolecular Hbond substituents is 1. The second kappa shape index (κ2) is 4.13. The number of hydrogen-bond donors (Lipinski definition) is 2. The highest BCUT2D eigenvalue weighted by atomic mass is 16.4. The van der Waals surface area contributed by atoms with Crippen molar-refractivity contribution < 1.29 is 14.7 Å². The molecule has 0 atom stereocenters. The Hall–Kier alpha value is -2.82. The van der Waals surface area contributed by atoms with E-state index in [2.05, 4.69) is 5.16 Å². The van der Waals surface area contributed by atoms with Crippen molar-refractivity contribution in [3.05, 3.63) is 52.2 Å². The molecule has 0 amide bonds. The lowest BCUT2D eigenvalue weighted by atomic mass is 10.0. The number of fused-ring (bicyclic) bond motifs is 2. The molecule has 2 aliphatic rings. The number of phenols is 1. The third-order valence-electron chi connectivity index (χ3n) is 2.90. The molecule has 1 heterocycles. The van der Waals surface area contributed by atoms with Crippen LogP contribution in [0.4, 0.5) is 0 Å². The molecule has 5 heteroatoms. The van der Waals surface area contributed by atoms with Crippen LogP contribution in [0.15, 0.2) is 50.8 Å². The van der Waals surface area contributed by atoms with Gasteiger partial charge in [0.1, 0.15) is 17.1 Å². The van der Waals surface area contributed by atoms with Crippen molar-refractivity contribution in [2.75, 3.05) is 0 Å². The maximum absolute atomic E-state index is 11.4. The second-order valence-corrected chi connectivity index (χ2v) is 4.10. The van der Waals surface area contributed by atoms with E-state index in [-0.39, 0.29) is 11.2 Å². The summed E-state index contributed by atoms with van der Waals surface area (Å²) in [6, 6.07) is 8.97. The minimum absolute atomic E-state index is 0.0788. The first kappa shape index (κ1) is 11.3. The number of nitrogens with zero attached hydrogens (tertiary/aromatic N) is 1. The molecular formula is C14H9NO4. The van der Waals surface area contributed by atoms with Crippen LogP contribution in [0.3, 0.4) is 0 Å². The first-order chi connectivity index (χ1) is 9.19. The van der Waals surface area contributed by atoms with Crippen molar-refractivity contribution in [2.45, 2.75) is 0 Å². The molecule has 0 fully saturated rings. The quantitative estimate of drug-likeness (QED) is 0.303. The first-order valence-corrected chi connectivity index (χ1v) is 5.56. The van der Waals surface area contributed by atoms with Gasteiger partial charge in [-0.25, -0.2) is 0 Å². The van der Waals surface area contributed by atoms with E-state index >= 15 is 0 Å². The molecule has 1 aromatic rings. The van der Waals surface area contributed by atoms with E-state index in [1.165, 1.54) is 30.5 Å². The van der Waals surface area contributed by atoms with Gasteiger partial charge in [-0.1, -0.05) is 5.16 Å². The summed E-state index contributed by atoms with van der Waals surface area (Å²) < 4.78 is 5.61. The van der Waals surface area contributed by atoms with E-state index in [1.807, 2.05) is 0 Å². The average Bonchev–Trinajstić information content (AvgIpc) is 2.39. The van der Waals surface area contributed by atoms with E-state index in [1.54, 1.807) is 12.1 Å². The molecule has 1 aliphatic carbocycles. The van der Waals surface area contributed by atoms with Crippen LogP contribution in [-0.2, 0) is 0 Å². The van der Waals surface area contributed by atoms with Crippen LogP contribution >= 0.6 is 0 Å². The highest BCUT2D eigenvalue weighted by Gasteiger charge is 2.14. The normalized spacial score (nSPS) is 11.6. The summed E-state index contributed by atoms with van der Waals surface area (Å²) >= 11 is 0. The fraction of sp³-hybridized carbons (Fsp3) is 0. The maximum Gasteiger partial charge on any atom is 0.182 e. The number of benzene rings is 2. The highest BCUT2D eigenvalue weighted by Crippen LogP contribution is 2.33. The molecule has 0 bridgehead atoms. The largest absolute Gasteiger partial charge is 0.508 e. The predicted molar refractivity (Wildman–Crippen MR) is 70.2 cm³/mol. The summed E-state index contributed by atoms with van der Waals surface area (Å²) in [5.41, 5.74) is 1.54. The van der Waals surface area contributed by atoms with Gasteiger partial charge < -0.3 is 14.7 Å². The molecule has 94 valence electrons.